The zero-order valence-corrected chi connectivity index (χ0v) is 12.6. The molecule has 0 aliphatic heterocycles. The number of anilines is 1. The Kier molecular flexibility index (Phi) is 4.51. The molecular formula is C13H14N4O2S2. The molecule has 0 aliphatic carbocycles. The molecule has 0 unspecified atom stereocenters. The van der Waals surface area contributed by atoms with Crippen molar-refractivity contribution in [3.05, 3.63) is 53.7 Å². The van der Waals surface area contributed by atoms with Gasteiger partial charge >= 0.3 is 0 Å². The molecule has 1 heterocycles. The summed E-state index contributed by atoms with van der Waals surface area (Å²) in [6.45, 7) is 0.485. The highest BCUT2D eigenvalue weighted by Crippen LogP contribution is 2.11. The molecule has 0 atom stereocenters. The Morgan fingerprint density at radius 1 is 1.19 bits per heavy atom. The number of rotatable bonds is 5. The number of sulfonamides is 1. The fraction of sp³-hybridized carbons (Fsp3) is 0.0769. The number of benzene rings is 1. The maximum atomic E-state index is 11.2. The molecule has 0 bridgehead atoms. The van der Waals surface area contributed by atoms with E-state index in [0.717, 1.165) is 5.56 Å². The predicted octanol–water partition coefficient (Wildman–Crippen LogP) is 0.975. The van der Waals surface area contributed by atoms with Gasteiger partial charge in [0.2, 0.25) is 10.0 Å². The summed E-state index contributed by atoms with van der Waals surface area (Å²) in [6.07, 6.45) is 0. The molecule has 8 heteroatoms. The molecule has 6 nitrogen and oxygen atoms in total. The largest absolute Gasteiger partial charge is 0.388 e. The van der Waals surface area contributed by atoms with Crippen LogP contribution in [-0.2, 0) is 16.6 Å². The summed E-state index contributed by atoms with van der Waals surface area (Å²) in [6, 6.07) is 11.6. The molecule has 2 aromatic rings. The first-order chi connectivity index (χ1) is 9.86. The Morgan fingerprint density at radius 2 is 1.86 bits per heavy atom. The highest BCUT2D eigenvalue weighted by Gasteiger charge is 2.06. The van der Waals surface area contributed by atoms with E-state index in [0.29, 0.717) is 18.1 Å². The van der Waals surface area contributed by atoms with Crippen molar-refractivity contribution in [2.45, 2.75) is 11.4 Å². The fourth-order valence-electron chi connectivity index (χ4n) is 1.66. The van der Waals surface area contributed by atoms with Crippen LogP contribution in [0.4, 0.5) is 5.82 Å². The van der Waals surface area contributed by atoms with E-state index in [1.807, 2.05) is 0 Å². The van der Waals surface area contributed by atoms with Gasteiger partial charge in [0.15, 0.2) is 0 Å². The molecule has 0 spiro atoms. The average molecular weight is 322 g/mol. The standard InChI is InChI=1S/C13H14N4O2S2/c14-13(20)11-2-1-3-12(17-11)16-8-9-4-6-10(7-5-9)21(15,18)19/h1-7H,8H2,(H2,14,20)(H,16,17)(H2,15,18,19). The lowest BCUT2D eigenvalue weighted by molar-refractivity contribution is 0.598. The molecule has 0 saturated heterocycles. The zero-order chi connectivity index (χ0) is 15.5. The molecule has 5 N–H and O–H groups in total. The second kappa shape index (κ2) is 6.17. The third-order valence-corrected chi connectivity index (χ3v) is 3.87. The van der Waals surface area contributed by atoms with Crippen molar-refractivity contribution in [2.75, 3.05) is 5.32 Å². The van der Waals surface area contributed by atoms with Crippen molar-refractivity contribution in [1.29, 1.82) is 0 Å². The van der Waals surface area contributed by atoms with E-state index in [2.05, 4.69) is 10.3 Å². The predicted molar refractivity (Wildman–Crippen MR) is 85.3 cm³/mol. The van der Waals surface area contributed by atoms with Crippen molar-refractivity contribution < 1.29 is 8.42 Å². The first-order valence-corrected chi connectivity index (χ1v) is 7.94. The first-order valence-electron chi connectivity index (χ1n) is 5.99. The molecule has 0 radical (unpaired) electrons. The maximum Gasteiger partial charge on any atom is 0.238 e. The highest BCUT2D eigenvalue weighted by atomic mass is 32.2. The molecule has 21 heavy (non-hydrogen) atoms. The van der Waals surface area contributed by atoms with E-state index in [1.54, 1.807) is 30.3 Å². The van der Waals surface area contributed by atoms with Crippen LogP contribution < -0.4 is 16.2 Å². The van der Waals surface area contributed by atoms with E-state index in [1.165, 1.54) is 12.1 Å². The number of aromatic nitrogens is 1. The molecule has 2 rings (SSSR count). The summed E-state index contributed by atoms with van der Waals surface area (Å²) in [5.41, 5.74) is 6.95. The van der Waals surface area contributed by atoms with Crippen LogP contribution >= 0.6 is 12.2 Å². The summed E-state index contributed by atoms with van der Waals surface area (Å²) in [5.74, 6) is 0.635. The molecule has 1 aromatic heterocycles. The lowest BCUT2D eigenvalue weighted by atomic mass is 10.2. The third kappa shape index (κ3) is 4.22. The van der Waals surface area contributed by atoms with Crippen LogP contribution in [0, 0.1) is 0 Å². The number of primary sulfonamides is 1. The minimum Gasteiger partial charge on any atom is -0.388 e. The van der Waals surface area contributed by atoms with Gasteiger partial charge in [-0.15, -0.1) is 0 Å². The fourth-order valence-corrected chi connectivity index (χ4v) is 2.29. The number of nitrogens with zero attached hydrogens (tertiary/aromatic N) is 1. The highest BCUT2D eigenvalue weighted by molar-refractivity contribution is 7.89. The van der Waals surface area contributed by atoms with Gasteiger partial charge in [-0.2, -0.15) is 0 Å². The number of hydrogen-bond donors (Lipinski definition) is 3. The molecule has 1 aromatic carbocycles. The van der Waals surface area contributed by atoms with Gasteiger partial charge in [0.1, 0.15) is 10.8 Å². The van der Waals surface area contributed by atoms with Crippen LogP contribution in [0.2, 0.25) is 0 Å². The first kappa shape index (κ1) is 15.4. The molecule has 0 aliphatic rings. The third-order valence-electron chi connectivity index (χ3n) is 2.73. The molecule has 110 valence electrons. The van der Waals surface area contributed by atoms with Crippen molar-refractivity contribution >= 4 is 33.0 Å². The van der Waals surface area contributed by atoms with E-state index < -0.39 is 10.0 Å². The normalized spacial score (nSPS) is 11.1. The SMILES string of the molecule is NC(=S)c1cccc(NCc2ccc(S(N)(=O)=O)cc2)n1. The topological polar surface area (TPSA) is 111 Å². The van der Waals surface area contributed by atoms with Gasteiger partial charge in [0.25, 0.3) is 0 Å². The number of nitrogens with two attached hydrogens (primary N) is 2. The second-order valence-corrected chi connectivity index (χ2v) is 6.32. The molecule has 0 saturated carbocycles. The lowest BCUT2D eigenvalue weighted by Gasteiger charge is -2.07. The van der Waals surface area contributed by atoms with Crippen molar-refractivity contribution in [2.24, 2.45) is 10.9 Å². The van der Waals surface area contributed by atoms with Gasteiger partial charge in [-0.3, -0.25) is 0 Å². The van der Waals surface area contributed by atoms with Crippen molar-refractivity contribution in [3.8, 4) is 0 Å². The second-order valence-electron chi connectivity index (χ2n) is 4.31. The van der Waals surface area contributed by atoms with Gasteiger partial charge in [0, 0.05) is 6.54 Å². The summed E-state index contributed by atoms with van der Waals surface area (Å²) in [5, 5.41) is 8.15. The summed E-state index contributed by atoms with van der Waals surface area (Å²) in [4.78, 5) is 4.57. The summed E-state index contributed by atoms with van der Waals surface area (Å²) in [7, 11) is -3.66. The van der Waals surface area contributed by atoms with E-state index in [9.17, 15) is 8.42 Å². The Hall–Kier alpha value is -2.03. The van der Waals surface area contributed by atoms with Crippen LogP contribution in [0.1, 0.15) is 11.3 Å². The van der Waals surface area contributed by atoms with Crippen LogP contribution in [-0.4, -0.2) is 18.4 Å². The number of nitrogens with one attached hydrogen (secondary N) is 1. The van der Waals surface area contributed by atoms with Gasteiger partial charge in [-0.1, -0.05) is 30.4 Å². The van der Waals surface area contributed by atoms with Gasteiger partial charge in [-0.05, 0) is 29.8 Å². The summed E-state index contributed by atoms with van der Waals surface area (Å²) >= 11 is 4.87. The Morgan fingerprint density at radius 3 is 2.43 bits per heavy atom. The molecular weight excluding hydrogens is 308 g/mol. The minimum atomic E-state index is -3.66. The van der Waals surface area contributed by atoms with Gasteiger partial charge < -0.3 is 11.1 Å². The van der Waals surface area contributed by atoms with E-state index in [-0.39, 0.29) is 9.88 Å². The number of thiocarbonyl (C=S) groups is 1. The number of hydrogen-bond acceptors (Lipinski definition) is 5. The Bertz CT molecular complexity index is 758. The Labute approximate surface area is 128 Å². The van der Waals surface area contributed by atoms with Crippen LogP contribution in [0.25, 0.3) is 0 Å². The van der Waals surface area contributed by atoms with Crippen LogP contribution in [0.3, 0.4) is 0 Å². The quantitative estimate of drug-likeness (QED) is 0.708. The van der Waals surface area contributed by atoms with Gasteiger partial charge in [0.05, 0.1) is 10.6 Å². The van der Waals surface area contributed by atoms with Crippen molar-refractivity contribution in [3.63, 3.8) is 0 Å². The summed E-state index contributed by atoms with van der Waals surface area (Å²) < 4.78 is 22.3. The van der Waals surface area contributed by atoms with Gasteiger partial charge in [-0.25, -0.2) is 18.5 Å². The maximum absolute atomic E-state index is 11.2. The molecule has 0 fully saturated rings. The lowest BCUT2D eigenvalue weighted by Crippen LogP contribution is -2.13. The van der Waals surface area contributed by atoms with Crippen molar-refractivity contribution in [1.82, 2.24) is 4.98 Å². The Balaban J connectivity index is 2.06. The monoisotopic (exact) mass is 322 g/mol. The van der Waals surface area contributed by atoms with E-state index >= 15 is 0 Å². The van der Waals surface area contributed by atoms with E-state index in [4.69, 9.17) is 23.1 Å². The van der Waals surface area contributed by atoms with Crippen LogP contribution in [0.5, 0.6) is 0 Å². The average Bonchev–Trinajstić information content (AvgIpc) is 2.45. The smallest absolute Gasteiger partial charge is 0.238 e. The number of pyridine rings is 1. The minimum absolute atomic E-state index is 0.0832. The van der Waals surface area contributed by atoms with Crippen LogP contribution in [0.15, 0.2) is 47.4 Å². The zero-order valence-electron chi connectivity index (χ0n) is 11.0. The molecule has 0 amide bonds.